The Morgan fingerprint density at radius 1 is 1.32 bits per heavy atom. The van der Waals surface area contributed by atoms with Gasteiger partial charge in [0.2, 0.25) is 0 Å². The van der Waals surface area contributed by atoms with Crippen molar-refractivity contribution in [3.05, 3.63) is 34.4 Å². The zero-order chi connectivity index (χ0) is 16.2. The van der Waals surface area contributed by atoms with Crippen molar-refractivity contribution in [1.82, 2.24) is 0 Å². The van der Waals surface area contributed by atoms with E-state index in [0.29, 0.717) is 5.92 Å². The van der Waals surface area contributed by atoms with E-state index in [0.717, 1.165) is 28.8 Å². The van der Waals surface area contributed by atoms with E-state index in [4.69, 9.17) is 0 Å². The molecule has 0 aromatic heterocycles. The van der Waals surface area contributed by atoms with Gasteiger partial charge in [-0.25, -0.2) is 0 Å². The van der Waals surface area contributed by atoms with Gasteiger partial charge >= 0.3 is 0 Å². The number of allylic oxidation sites excluding steroid dienone is 1. The van der Waals surface area contributed by atoms with Crippen molar-refractivity contribution in [2.45, 2.75) is 45.6 Å². The summed E-state index contributed by atoms with van der Waals surface area (Å²) < 4.78 is 0. The van der Waals surface area contributed by atoms with Crippen LogP contribution in [0.2, 0.25) is 0 Å². The van der Waals surface area contributed by atoms with Crippen molar-refractivity contribution in [2.24, 2.45) is 0 Å². The number of carbonyl (C=O) groups is 1. The van der Waals surface area contributed by atoms with E-state index in [9.17, 15) is 15.3 Å². The molecule has 2 aliphatic heterocycles. The first-order valence-electron chi connectivity index (χ1n) is 7.36. The third-order valence-corrected chi connectivity index (χ3v) is 4.72. The number of nitriles is 2. The van der Waals surface area contributed by atoms with Gasteiger partial charge in [-0.05, 0) is 44.2 Å². The van der Waals surface area contributed by atoms with Crippen LogP contribution < -0.4 is 4.90 Å². The number of amides is 1. The van der Waals surface area contributed by atoms with Crippen LogP contribution in [0.25, 0.3) is 5.57 Å². The molecule has 0 saturated heterocycles. The number of aryl methyl sites for hydroxylation is 1. The minimum Gasteiger partial charge on any atom is -0.302 e. The molecule has 2 heterocycles. The molecule has 0 fully saturated rings. The summed E-state index contributed by atoms with van der Waals surface area (Å²) in [6, 6.07) is 7.82. The maximum absolute atomic E-state index is 13.0. The molecule has 110 valence electrons. The Kier molecular flexibility index (Phi) is 2.90. The average molecular weight is 291 g/mol. The molecular formula is C18H17N3O. The lowest BCUT2D eigenvalue weighted by atomic mass is 9.80. The highest BCUT2D eigenvalue weighted by Gasteiger charge is 2.48. The summed E-state index contributed by atoms with van der Waals surface area (Å²) in [4.78, 5) is 14.8. The molecular weight excluding hydrogens is 274 g/mol. The lowest BCUT2D eigenvalue weighted by Gasteiger charge is -2.43. The van der Waals surface area contributed by atoms with Gasteiger partial charge in [-0.1, -0.05) is 19.1 Å². The molecule has 0 saturated carbocycles. The third kappa shape index (κ3) is 1.64. The largest absolute Gasteiger partial charge is 0.302 e. The molecule has 1 amide bonds. The van der Waals surface area contributed by atoms with Gasteiger partial charge in [-0.15, -0.1) is 0 Å². The molecule has 0 aliphatic carbocycles. The quantitative estimate of drug-likeness (QED) is 0.543. The second kappa shape index (κ2) is 4.45. The molecule has 0 bridgehead atoms. The Morgan fingerprint density at radius 2 is 1.95 bits per heavy atom. The molecule has 0 spiro atoms. The number of hydrogen-bond donors (Lipinski definition) is 0. The molecule has 0 unspecified atom stereocenters. The van der Waals surface area contributed by atoms with Crippen molar-refractivity contribution in [3.63, 3.8) is 0 Å². The number of benzene rings is 1. The summed E-state index contributed by atoms with van der Waals surface area (Å²) in [5.74, 6) is 0.112. The minimum atomic E-state index is -0.330. The van der Waals surface area contributed by atoms with Crippen LogP contribution in [0, 0.1) is 29.6 Å². The van der Waals surface area contributed by atoms with E-state index in [1.807, 2.05) is 39.0 Å². The van der Waals surface area contributed by atoms with Crippen molar-refractivity contribution < 1.29 is 4.79 Å². The highest BCUT2D eigenvalue weighted by molar-refractivity contribution is 6.35. The first kappa shape index (κ1) is 14.4. The molecule has 1 aromatic carbocycles. The van der Waals surface area contributed by atoms with Crippen LogP contribution in [-0.4, -0.2) is 11.4 Å². The Hall–Kier alpha value is -2.59. The summed E-state index contributed by atoms with van der Waals surface area (Å²) in [6.45, 7) is 8.16. The van der Waals surface area contributed by atoms with Crippen LogP contribution in [0.4, 0.5) is 5.69 Å². The molecule has 3 rings (SSSR count). The van der Waals surface area contributed by atoms with Crippen molar-refractivity contribution in [2.75, 3.05) is 4.90 Å². The standard InChI is InChI=1S/C18H17N3O/c1-10-5-6-13-11(2)7-18(3,4)21-16(13)14(10)15(17(21)22)12(8-19)9-20/h5-6,11H,7H2,1-4H3/t11-/m1/s1. The molecule has 0 N–H and O–H groups in total. The van der Waals surface area contributed by atoms with E-state index in [1.165, 1.54) is 0 Å². The minimum absolute atomic E-state index is 0.0978. The summed E-state index contributed by atoms with van der Waals surface area (Å²) >= 11 is 0. The number of carbonyl (C=O) groups excluding carboxylic acids is 1. The zero-order valence-corrected chi connectivity index (χ0v) is 13.2. The Morgan fingerprint density at radius 3 is 2.55 bits per heavy atom. The molecule has 0 radical (unpaired) electrons. The normalized spacial score (nSPS) is 21.2. The molecule has 4 nitrogen and oxygen atoms in total. The van der Waals surface area contributed by atoms with Crippen LogP contribution in [-0.2, 0) is 4.79 Å². The maximum Gasteiger partial charge on any atom is 0.261 e. The smallest absolute Gasteiger partial charge is 0.261 e. The van der Waals surface area contributed by atoms with E-state index < -0.39 is 0 Å². The van der Waals surface area contributed by atoms with Crippen LogP contribution in [0.3, 0.4) is 0 Å². The van der Waals surface area contributed by atoms with Crippen LogP contribution in [0.1, 0.15) is 49.8 Å². The number of anilines is 1. The number of rotatable bonds is 0. The highest BCUT2D eigenvalue weighted by atomic mass is 16.2. The highest BCUT2D eigenvalue weighted by Crippen LogP contribution is 2.53. The Labute approximate surface area is 130 Å². The van der Waals surface area contributed by atoms with Crippen LogP contribution >= 0.6 is 0 Å². The van der Waals surface area contributed by atoms with Crippen molar-refractivity contribution in [1.29, 1.82) is 10.5 Å². The van der Waals surface area contributed by atoms with E-state index in [-0.39, 0.29) is 22.6 Å². The van der Waals surface area contributed by atoms with Crippen LogP contribution in [0.5, 0.6) is 0 Å². The van der Waals surface area contributed by atoms with Gasteiger partial charge in [0.05, 0.1) is 11.3 Å². The Bertz CT molecular complexity index is 802. The average Bonchev–Trinajstić information content (AvgIpc) is 2.75. The van der Waals surface area contributed by atoms with Gasteiger partial charge in [-0.3, -0.25) is 4.79 Å². The zero-order valence-electron chi connectivity index (χ0n) is 13.2. The first-order chi connectivity index (χ1) is 10.3. The maximum atomic E-state index is 13.0. The fourth-order valence-corrected chi connectivity index (χ4v) is 3.88. The molecule has 4 heteroatoms. The van der Waals surface area contributed by atoms with E-state index >= 15 is 0 Å². The van der Waals surface area contributed by atoms with Crippen LogP contribution in [0.15, 0.2) is 17.7 Å². The molecule has 2 aliphatic rings. The van der Waals surface area contributed by atoms with E-state index in [2.05, 4.69) is 13.0 Å². The van der Waals surface area contributed by atoms with Crippen molar-refractivity contribution in [3.8, 4) is 12.1 Å². The Balaban J connectivity index is 2.46. The number of hydrogen-bond acceptors (Lipinski definition) is 3. The predicted molar refractivity (Wildman–Crippen MR) is 83.9 cm³/mol. The topological polar surface area (TPSA) is 67.9 Å². The fraction of sp³-hybridized carbons (Fsp3) is 0.389. The summed E-state index contributed by atoms with van der Waals surface area (Å²) in [7, 11) is 0. The fourth-order valence-electron chi connectivity index (χ4n) is 3.88. The third-order valence-electron chi connectivity index (χ3n) is 4.72. The van der Waals surface area contributed by atoms with Gasteiger partial charge in [0, 0.05) is 11.1 Å². The molecule has 1 atom stereocenters. The van der Waals surface area contributed by atoms with Gasteiger partial charge < -0.3 is 4.90 Å². The van der Waals surface area contributed by atoms with E-state index in [1.54, 1.807) is 4.90 Å². The summed E-state index contributed by atoms with van der Waals surface area (Å²) in [5, 5.41) is 18.5. The van der Waals surface area contributed by atoms with Gasteiger partial charge in [0.25, 0.3) is 5.91 Å². The molecule has 22 heavy (non-hydrogen) atoms. The van der Waals surface area contributed by atoms with Gasteiger partial charge in [0.1, 0.15) is 17.7 Å². The van der Waals surface area contributed by atoms with Gasteiger partial charge in [-0.2, -0.15) is 10.5 Å². The summed E-state index contributed by atoms with van der Waals surface area (Å²) in [5.41, 5.74) is 3.55. The predicted octanol–water partition coefficient (Wildman–Crippen LogP) is 3.43. The monoisotopic (exact) mass is 291 g/mol. The summed E-state index contributed by atoms with van der Waals surface area (Å²) in [6.07, 6.45) is 0.857. The molecule has 1 aromatic rings. The van der Waals surface area contributed by atoms with Gasteiger partial charge in [0.15, 0.2) is 0 Å². The second-order valence-electron chi connectivity index (χ2n) is 6.73. The van der Waals surface area contributed by atoms with Crippen molar-refractivity contribution >= 4 is 17.2 Å². The second-order valence-corrected chi connectivity index (χ2v) is 6.73. The lowest BCUT2D eigenvalue weighted by Crippen LogP contribution is -2.49. The lowest BCUT2D eigenvalue weighted by molar-refractivity contribution is -0.114. The first-order valence-corrected chi connectivity index (χ1v) is 7.36. The SMILES string of the molecule is Cc1ccc2c3c1C(=C(C#N)C#N)C(=O)N3C(C)(C)C[C@H]2C. The number of nitrogens with zero attached hydrogens (tertiary/aromatic N) is 3.